The highest BCUT2D eigenvalue weighted by molar-refractivity contribution is 7.24. The van der Waals surface area contributed by atoms with Gasteiger partial charge in [0.05, 0.1) is 59.6 Å². The molecule has 8 rings (SSSR count). The molecule has 2 aliphatic heterocycles. The first-order chi connectivity index (χ1) is 25.2. The van der Waals surface area contributed by atoms with Crippen molar-refractivity contribution in [1.82, 2.24) is 19.9 Å². The molecule has 5 aromatic heterocycles. The minimum absolute atomic E-state index is 0.119. The maximum Gasteiger partial charge on any atom is 0.324 e. The van der Waals surface area contributed by atoms with E-state index in [1.165, 1.54) is 17.4 Å². The second kappa shape index (κ2) is 13.3. The Morgan fingerprint density at radius 2 is 1.15 bits per heavy atom. The zero-order chi connectivity index (χ0) is 35.9. The molecular weight excluding hydrogens is 685 g/mol. The molecule has 2 N–H and O–H groups in total. The topological polar surface area (TPSA) is 104 Å². The Morgan fingerprint density at radius 3 is 1.73 bits per heavy atom. The number of fused-ring (bicyclic) bond motifs is 8. The van der Waals surface area contributed by atoms with Crippen LogP contribution in [0.25, 0.3) is 56.1 Å². The number of nitrogens with zero attached hydrogens (tertiary/aromatic N) is 4. The fourth-order valence-electron chi connectivity index (χ4n) is 5.95. The molecule has 0 amide bonds. The third-order valence-electron chi connectivity index (χ3n) is 8.93. The predicted octanol–water partition coefficient (Wildman–Crippen LogP) is 9.84. The fraction of sp³-hybridized carbons (Fsp3) is 0.0952. The number of H-pyrrole nitrogens is 2. The normalized spacial score (nSPS) is 11.5. The van der Waals surface area contributed by atoms with Gasteiger partial charge in [0.2, 0.25) is 0 Å². The number of anilines is 1. The summed E-state index contributed by atoms with van der Waals surface area (Å²) in [6.07, 6.45) is 8.00. The number of nitro groups is 1. The molecule has 8 bridgehead atoms. The lowest BCUT2D eigenvalue weighted by molar-refractivity contribution is -0.380. The lowest BCUT2D eigenvalue weighted by Crippen LogP contribution is -2.07. The van der Waals surface area contributed by atoms with Crippen molar-refractivity contribution in [2.45, 2.75) is 13.8 Å². The molecule has 252 valence electrons. The summed E-state index contributed by atoms with van der Waals surface area (Å²) in [5.41, 5.74) is 12.4. The van der Waals surface area contributed by atoms with E-state index in [0.717, 1.165) is 104 Å². The van der Waals surface area contributed by atoms with Gasteiger partial charge in [0.1, 0.15) is 0 Å². The Morgan fingerprint density at radius 1 is 0.615 bits per heavy atom. The zero-order valence-electron chi connectivity index (χ0n) is 28.7. The summed E-state index contributed by atoms with van der Waals surface area (Å²) in [5.74, 6) is 13.5. The molecule has 0 fully saturated rings. The van der Waals surface area contributed by atoms with Crippen LogP contribution in [-0.4, -0.2) is 39.0 Å². The Hall–Kier alpha value is -6.46. The van der Waals surface area contributed by atoms with E-state index in [2.05, 4.69) is 88.8 Å². The van der Waals surface area contributed by atoms with E-state index >= 15 is 0 Å². The lowest BCUT2D eigenvalue weighted by Gasteiger charge is -2.11. The number of thiophene rings is 2. The van der Waals surface area contributed by atoms with E-state index in [9.17, 15) is 10.1 Å². The van der Waals surface area contributed by atoms with Gasteiger partial charge in [-0.05, 0) is 116 Å². The minimum atomic E-state index is -0.363. The highest BCUT2D eigenvalue weighted by Crippen LogP contribution is 2.36. The van der Waals surface area contributed by atoms with E-state index in [1.54, 1.807) is 6.07 Å². The van der Waals surface area contributed by atoms with Crippen LogP contribution in [0.2, 0.25) is 0 Å². The minimum Gasteiger partial charge on any atom is -0.378 e. The van der Waals surface area contributed by atoms with Gasteiger partial charge in [-0.25, -0.2) is 9.97 Å². The van der Waals surface area contributed by atoms with Crippen LogP contribution in [0.1, 0.15) is 55.5 Å². The second-order valence-corrected chi connectivity index (χ2v) is 14.6. The SMILES string of the molecule is Cc1c2nc(c(C#Cc3ccc(-c4ccc([N+](=O)[O-])s4)s3)c3nc(c(C)c4ccc([nH]4)c(C#Cc4ccc(N(C)C)cc4)c4ccc1[nH]4)C=C3)C=C2. The van der Waals surface area contributed by atoms with Crippen LogP contribution < -0.4 is 4.90 Å². The molecule has 0 unspecified atom stereocenters. The number of aryl methyl sites for hydroxylation is 2. The van der Waals surface area contributed by atoms with E-state index in [4.69, 9.17) is 9.97 Å². The van der Waals surface area contributed by atoms with Gasteiger partial charge in [-0.3, -0.25) is 10.1 Å². The smallest absolute Gasteiger partial charge is 0.324 e. The first-order valence-electron chi connectivity index (χ1n) is 16.5. The van der Waals surface area contributed by atoms with Crippen LogP contribution in [0.3, 0.4) is 0 Å². The summed E-state index contributed by atoms with van der Waals surface area (Å²) >= 11 is 2.66. The molecule has 52 heavy (non-hydrogen) atoms. The van der Waals surface area contributed by atoms with Crippen molar-refractivity contribution in [2.24, 2.45) is 0 Å². The molecule has 7 heterocycles. The molecule has 0 saturated heterocycles. The molecule has 8 nitrogen and oxygen atoms in total. The van der Waals surface area contributed by atoms with Gasteiger partial charge in [0.25, 0.3) is 0 Å². The van der Waals surface area contributed by atoms with E-state index in [1.807, 2.05) is 62.7 Å². The van der Waals surface area contributed by atoms with Crippen LogP contribution in [0, 0.1) is 47.6 Å². The van der Waals surface area contributed by atoms with Gasteiger partial charge < -0.3 is 14.9 Å². The number of hydrogen-bond donors (Lipinski definition) is 2. The highest BCUT2D eigenvalue weighted by Gasteiger charge is 2.15. The molecule has 10 heteroatoms. The Balaban J connectivity index is 1.28. The van der Waals surface area contributed by atoms with Crippen molar-refractivity contribution < 1.29 is 4.92 Å². The summed E-state index contributed by atoms with van der Waals surface area (Å²) in [6.45, 7) is 4.11. The Labute approximate surface area is 308 Å². The fourth-order valence-corrected chi connectivity index (χ4v) is 7.72. The van der Waals surface area contributed by atoms with Crippen LogP contribution in [-0.2, 0) is 0 Å². The van der Waals surface area contributed by atoms with Crippen LogP contribution in [0.5, 0.6) is 0 Å². The third kappa shape index (κ3) is 6.33. The lowest BCUT2D eigenvalue weighted by atomic mass is 10.1. The molecule has 1 aromatic carbocycles. The average Bonchev–Trinajstić information content (AvgIpc) is 3.99. The van der Waals surface area contributed by atoms with Crippen LogP contribution >= 0.6 is 22.7 Å². The first kappa shape index (κ1) is 32.7. The molecule has 0 atom stereocenters. The maximum absolute atomic E-state index is 11.2. The summed E-state index contributed by atoms with van der Waals surface area (Å²) in [4.78, 5) is 32.9. The van der Waals surface area contributed by atoms with Gasteiger partial charge >= 0.3 is 5.00 Å². The molecule has 0 aliphatic carbocycles. The molecule has 0 spiro atoms. The molecule has 0 radical (unpaired) electrons. The number of hydrogen-bond acceptors (Lipinski definition) is 7. The quantitative estimate of drug-likeness (QED) is 0.108. The van der Waals surface area contributed by atoms with Gasteiger partial charge in [-0.1, -0.05) is 35.0 Å². The van der Waals surface area contributed by atoms with Gasteiger partial charge in [0.15, 0.2) is 0 Å². The van der Waals surface area contributed by atoms with E-state index in [0.29, 0.717) is 0 Å². The predicted molar refractivity (Wildman–Crippen MR) is 215 cm³/mol. The molecule has 2 aliphatic rings. The maximum atomic E-state index is 11.2. The number of nitrogens with one attached hydrogen (secondary N) is 2. The van der Waals surface area contributed by atoms with Crippen molar-refractivity contribution in [3.63, 3.8) is 0 Å². The number of aromatic nitrogens is 4. The van der Waals surface area contributed by atoms with Crippen molar-refractivity contribution in [3.05, 3.63) is 138 Å². The second-order valence-electron chi connectivity index (χ2n) is 12.5. The Kier molecular flexibility index (Phi) is 8.40. The van der Waals surface area contributed by atoms with Crippen molar-refractivity contribution in [3.8, 4) is 33.4 Å². The van der Waals surface area contributed by atoms with Crippen LogP contribution in [0.15, 0.2) is 72.8 Å². The van der Waals surface area contributed by atoms with Crippen molar-refractivity contribution >= 4 is 79.7 Å². The van der Waals surface area contributed by atoms with Gasteiger partial charge in [-0.2, -0.15) is 0 Å². The number of benzene rings is 1. The average molecular weight is 715 g/mol. The number of rotatable bonds is 3. The summed E-state index contributed by atoms with van der Waals surface area (Å²) in [7, 11) is 4.05. The Bertz CT molecular complexity index is 2690. The van der Waals surface area contributed by atoms with E-state index in [-0.39, 0.29) is 9.92 Å². The third-order valence-corrected chi connectivity index (χ3v) is 11.2. The van der Waals surface area contributed by atoms with E-state index < -0.39 is 0 Å². The van der Waals surface area contributed by atoms with Crippen molar-refractivity contribution in [2.75, 3.05) is 19.0 Å². The van der Waals surface area contributed by atoms with Gasteiger partial charge in [-0.15, -0.1) is 11.3 Å². The summed E-state index contributed by atoms with van der Waals surface area (Å²) in [5, 5.41) is 11.3. The standard InChI is InChI=1S/C42H30N6O2S2/c1-25-32-14-18-36(43-32)30(12-7-27-5-8-28(9-6-27)47(3)4)37-19-15-33(44-37)26(2)35-17-21-39(46-35)31(38-20-16-34(25)45-38)13-10-29-11-22-40(51-29)41-23-24-42(52-41)48(49)50/h5-6,8-9,11,14-24,43-44H,1-4H3. The molecule has 6 aromatic rings. The number of aromatic amines is 2. The molecular formula is C42H30N6O2S2. The largest absolute Gasteiger partial charge is 0.378 e. The van der Waals surface area contributed by atoms with Gasteiger partial charge in [0, 0.05) is 47.3 Å². The van der Waals surface area contributed by atoms with Crippen LogP contribution in [0.4, 0.5) is 10.7 Å². The summed E-state index contributed by atoms with van der Waals surface area (Å²) < 4.78 is 0. The highest BCUT2D eigenvalue weighted by atomic mass is 32.1. The van der Waals surface area contributed by atoms with Crippen molar-refractivity contribution in [1.29, 1.82) is 0 Å². The first-order valence-corrected chi connectivity index (χ1v) is 18.1. The zero-order valence-corrected chi connectivity index (χ0v) is 30.3. The summed E-state index contributed by atoms with van der Waals surface area (Å²) in [6, 6.07) is 23.7. The molecule has 0 saturated carbocycles. The monoisotopic (exact) mass is 714 g/mol.